The van der Waals surface area contributed by atoms with Crippen LogP contribution in [0.5, 0.6) is 5.75 Å². The van der Waals surface area contributed by atoms with E-state index in [0.29, 0.717) is 42.0 Å². The number of aliphatic hydroxyl groups is 2. The first kappa shape index (κ1) is 25.7. The zero-order valence-corrected chi connectivity index (χ0v) is 21.2. The van der Waals surface area contributed by atoms with Gasteiger partial charge in [0, 0.05) is 38.0 Å². The summed E-state index contributed by atoms with van der Waals surface area (Å²) < 4.78 is 7.38. The van der Waals surface area contributed by atoms with Crippen molar-refractivity contribution in [1.29, 1.82) is 0 Å². The average Bonchev–Trinajstić information content (AvgIpc) is 3.44. The van der Waals surface area contributed by atoms with Crippen LogP contribution in [-0.2, 0) is 4.79 Å². The van der Waals surface area contributed by atoms with Crippen molar-refractivity contribution in [2.24, 2.45) is 0 Å². The summed E-state index contributed by atoms with van der Waals surface area (Å²) in [5.41, 5.74) is 11.4. The Balaban J connectivity index is 1.33. The molecule has 4 heterocycles. The van der Waals surface area contributed by atoms with Crippen LogP contribution in [0.15, 0.2) is 30.6 Å². The highest BCUT2D eigenvalue weighted by atomic mass is 16.5. The van der Waals surface area contributed by atoms with Crippen molar-refractivity contribution in [2.75, 3.05) is 44.3 Å². The number of amides is 2. The molecule has 0 radical (unpaired) electrons. The molecule has 202 valence electrons. The number of hydrogen-bond acceptors (Lipinski definition) is 10. The number of ether oxygens (including phenoxy) is 1. The molecule has 5 rings (SSSR count). The summed E-state index contributed by atoms with van der Waals surface area (Å²) in [4.78, 5) is 41.0. The van der Waals surface area contributed by atoms with Crippen LogP contribution in [0.2, 0.25) is 0 Å². The Bertz CT molecular complexity index is 1340. The molecular weight excluding hydrogens is 492 g/mol. The van der Waals surface area contributed by atoms with E-state index in [1.165, 1.54) is 11.2 Å². The van der Waals surface area contributed by atoms with E-state index in [2.05, 4.69) is 15.0 Å². The summed E-state index contributed by atoms with van der Waals surface area (Å²) in [6.07, 6.45) is 2.03. The fourth-order valence-electron chi connectivity index (χ4n) is 5.24. The highest BCUT2D eigenvalue weighted by Gasteiger charge is 2.42. The Hall–Kier alpha value is -3.97. The predicted molar refractivity (Wildman–Crippen MR) is 138 cm³/mol. The molecule has 2 aliphatic heterocycles. The minimum absolute atomic E-state index is 0.0312. The fraction of sp³-hybridized carbons (Fsp3) is 0.480. The van der Waals surface area contributed by atoms with Gasteiger partial charge < -0.3 is 40.8 Å². The number of imidazole rings is 1. The maximum Gasteiger partial charge on any atom is 0.254 e. The summed E-state index contributed by atoms with van der Waals surface area (Å²) in [6.45, 7) is 3.38. The molecule has 0 aliphatic carbocycles. The second-order valence-electron chi connectivity index (χ2n) is 10.1. The molecule has 0 unspecified atom stereocenters. The second kappa shape index (κ2) is 10.1. The Morgan fingerprint density at radius 2 is 1.97 bits per heavy atom. The molecule has 2 saturated heterocycles. The van der Waals surface area contributed by atoms with Gasteiger partial charge in [-0.05, 0) is 37.6 Å². The van der Waals surface area contributed by atoms with Gasteiger partial charge in [-0.1, -0.05) is 0 Å². The number of carbonyl (C=O) groups is 2. The van der Waals surface area contributed by atoms with Gasteiger partial charge in [0.25, 0.3) is 5.91 Å². The standard InChI is InChI=1S/C25H32N8O5/c1-25(37)11-16(34)12-32(13-18(25)33-14-28-20-21(26)29-24(27)30-22(20)33)23(36)15-4-6-17(7-5-15)38-10-9-31-8-2-3-19(31)35/h4-7,14,16,18,34,37H,2-3,8-13H2,1H3,(H4,26,27,29,30)/t16-,18+,25+/m0/s1. The lowest BCUT2D eigenvalue weighted by Gasteiger charge is -2.34. The smallest absolute Gasteiger partial charge is 0.254 e. The van der Waals surface area contributed by atoms with Gasteiger partial charge in [0.2, 0.25) is 11.9 Å². The van der Waals surface area contributed by atoms with Crippen LogP contribution in [0.1, 0.15) is 42.6 Å². The topological polar surface area (TPSA) is 186 Å². The second-order valence-corrected chi connectivity index (χ2v) is 10.1. The molecule has 2 aromatic heterocycles. The zero-order valence-electron chi connectivity index (χ0n) is 21.2. The third kappa shape index (κ3) is 5.07. The number of aliphatic hydroxyl groups excluding tert-OH is 1. The van der Waals surface area contributed by atoms with E-state index in [1.807, 2.05) is 0 Å². The molecule has 6 N–H and O–H groups in total. The van der Waals surface area contributed by atoms with E-state index in [1.54, 1.807) is 40.7 Å². The van der Waals surface area contributed by atoms with Gasteiger partial charge >= 0.3 is 0 Å². The number of fused-ring (bicyclic) bond motifs is 1. The number of benzene rings is 1. The van der Waals surface area contributed by atoms with E-state index in [-0.39, 0.29) is 43.1 Å². The van der Waals surface area contributed by atoms with Gasteiger partial charge in [0.05, 0.1) is 30.6 Å². The fourth-order valence-corrected chi connectivity index (χ4v) is 5.24. The van der Waals surface area contributed by atoms with Crippen molar-refractivity contribution < 1.29 is 24.5 Å². The van der Waals surface area contributed by atoms with Gasteiger partial charge in [0.15, 0.2) is 11.5 Å². The first-order valence-corrected chi connectivity index (χ1v) is 12.6. The molecule has 0 bridgehead atoms. The Morgan fingerprint density at radius 1 is 1.21 bits per heavy atom. The molecule has 2 aliphatic rings. The molecule has 13 heteroatoms. The Morgan fingerprint density at radius 3 is 2.68 bits per heavy atom. The summed E-state index contributed by atoms with van der Waals surface area (Å²) in [6, 6.07) is 6.02. The van der Waals surface area contributed by atoms with Crippen molar-refractivity contribution in [3.8, 4) is 5.75 Å². The highest BCUT2D eigenvalue weighted by molar-refractivity contribution is 5.94. The van der Waals surface area contributed by atoms with Crippen LogP contribution in [0.25, 0.3) is 11.2 Å². The average molecular weight is 525 g/mol. The van der Waals surface area contributed by atoms with Crippen LogP contribution in [0.3, 0.4) is 0 Å². The SMILES string of the molecule is C[C@@]1(O)C[C@H](O)CN(C(=O)c2ccc(OCCN3CCCC3=O)cc2)C[C@H]1n1cnc2c(N)nc(N)nc21. The number of anilines is 2. The predicted octanol–water partition coefficient (Wildman–Crippen LogP) is 0.191. The quantitative estimate of drug-likeness (QED) is 0.347. The molecule has 2 fully saturated rings. The molecule has 3 aromatic rings. The lowest BCUT2D eigenvalue weighted by molar-refractivity contribution is -0.128. The lowest BCUT2D eigenvalue weighted by Crippen LogP contribution is -2.42. The molecule has 3 atom stereocenters. The molecule has 1 aromatic carbocycles. The van der Waals surface area contributed by atoms with E-state index in [0.717, 1.165) is 13.0 Å². The number of nitrogens with zero attached hydrogens (tertiary/aromatic N) is 6. The minimum Gasteiger partial charge on any atom is -0.492 e. The molecular formula is C25H32N8O5. The third-order valence-electron chi connectivity index (χ3n) is 7.18. The maximum atomic E-state index is 13.5. The molecule has 0 saturated carbocycles. The van der Waals surface area contributed by atoms with Crippen molar-refractivity contribution in [2.45, 2.75) is 43.9 Å². The number of likely N-dealkylation sites (tertiary alicyclic amines) is 2. The van der Waals surface area contributed by atoms with Gasteiger partial charge in [-0.25, -0.2) is 4.98 Å². The van der Waals surface area contributed by atoms with E-state index in [9.17, 15) is 19.8 Å². The first-order valence-electron chi connectivity index (χ1n) is 12.6. The number of hydrogen-bond donors (Lipinski definition) is 4. The van der Waals surface area contributed by atoms with Gasteiger partial charge in [0.1, 0.15) is 17.9 Å². The van der Waals surface area contributed by atoms with Crippen molar-refractivity contribution >= 4 is 34.7 Å². The van der Waals surface area contributed by atoms with Crippen LogP contribution in [-0.4, -0.2) is 95.8 Å². The summed E-state index contributed by atoms with van der Waals surface area (Å²) >= 11 is 0. The number of aromatic nitrogens is 4. The van der Waals surface area contributed by atoms with Crippen LogP contribution < -0.4 is 16.2 Å². The van der Waals surface area contributed by atoms with Crippen LogP contribution >= 0.6 is 0 Å². The zero-order chi connectivity index (χ0) is 27.0. The highest BCUT2D eigenvalue weighted by Crippen LogP contribution is 2.34. The maximum absolute atomic E-state index is 13.5. The van der Waals surface area contributed by atoms with E-state index < -0.39 is 17.7 Å². The molecule has 0 spiro atoms. The van der Waals surface area contributed by atoms with Crippen LogP contribution in [0, 0.1) is 0 Å². The van der Waals surface area contributed by atoms with Crippen molar-refractivity contribution in [3.63, 3.8) is 0 Å². The van der Waals surface area contributed by atoms with Gasteiger partial charge in [-0.3, -0.25) is 9.59 Å². The van der Waals surface area contributed by atoms with E-state index in [4.69, 9.17) is 16.2 Å². The van der Waals surface area contributed by atoms with E-state index >= 15 is 0 Å². The molecule has 38 heavy (non-hydrogen) atoms. The normalized spacial score (nSPS) is 24.1. The van der Waals surface area contributed by atoms with Crippen molar-refractivity contribution in [3.05, 3.63) is 36.2 Å². The summed E-state index contributed by atoms with van der Waals surface area (Å²) in [5, 5.41) is 22.0. The largest absolute Gasteiger partial charge is 0.492 e. The minimum atomic E-state index is -1.40. The summed E-state index contributed by atoms with van der Waals surface area (Å²) in [7, 11) is 0. The van der Waals surface area contributed by atoms with Crippen molar-refractivity contribution in [1.82, 2.24) is 29.3 Å². The lowest BCUT2D eigenvalue weighted by atomic mass is 9.91. The number of β-amino-alcohol motifs (C(OH)–C–C–N with tert-alkyl or cyclic N) is 1. The first-order chi connectivity index (χ1) is 18.1. The number of rotatable bonds is 6. The molecule has 13 nitrogen and oxygen atoms in total. The number of nitrogens with two attached hydrogens (primary N) is 2. The van der Waals surface area contributed by atoms with Gasteiger partial charge in [-0.2, -0.15) is 9.97 Å². The Kier molecular flexibility index (Phi) is 6.80. The third-order valence-corrected chi connectivity index (χ3v) is 7.18. The van der Waals surface area contributed by atoms with Gasteiger partial charge in [-0.15, -0.1) is 0 Å². The summed E-state index contributed by atoms with van der Waals surface area (Å²) in [5.74, 6) is 0.507. The monoisotopic (exact) mass is 524 g/mol. The molecule has 2 amide bonds. The Labute approximate surface area is 219 Å². The number of carbonyl (C=O) groups excluding carboxylic acids is 2. The number of nitrogen functional groups attached to an aromatic ring is 2. The van der Waals surface area contributed by atoms with Crippen LogP contribution in [0.4, 0.5) is 11.8 Å².